The van der Waals surface area contributed by atoms with Crippen molar-refractivity contribution in [3.8, 4) is 0 Å². The minimum absolute atomic E-state index is 0.0665. The molecule has 136 valence electrons. The molecule has 0 aromatic rings. The molecule has 0 saturated carbocycles. The SMILES string of the molecule is CN1CCC(N2CC(CN3CCN(CC(=O)O)CC3)OC2=O)CC1. The van der Waals surface area contributed by atoms with Crippen molar-refractivity contribution in [1.29, 1.82) is 0 Å². The number of carbonyl (C=O) groups is 2. The molecule has 1 unspecified atom stereocenters. The Hall–Kier alpha value is -1.38. The van der Waals surface area contributed by atoms with E-state index >= 15 is 0 Å². The number of amides is 1. The van der Waals surface area contributed by atoms with E-state index in [1.54, 1.807) is 0 Å². The van der Waals surface area contributed by atoms with Crippen LogP contribution in [-0.2, 0) is 9.53 Å². The van der Waals surface area contributed by atoms with Gasteiger partial charge in [-0.1, -0.05) is 0 Å². The van der Waals surface area contributed by atoms with Crippen LogP contribution in [-0.4, -0.2) is 115 Å². The fourth-order valence-electron chi connectivity index (χ4n) is 3.85. The van der Waals surface area contributed by atoms with E-state index in [1.165, 1.54) is 0 Å². The van der Waals surface area contributed by atoms with Gasteiger partial charge in [-0.3, -0.25) is 14.6 Å². The molecule has 24 heavy (non-hydrogen) atoms. The number of piperazine rings is 1. The number of likely N-dealkylation sites (tertiary alicyclic amines) is 1. The van der Waals surface area contributed by atoms with Crippen LogP contribution in [0.5, 0.6) is 0 Å². The maximum Gasteiger partial charge on any atom is 0.410 e. The first-order valence-electron chi connectivity index (χ1n) is 8.83. The lowest BCUT2D eigenvalue weighted by Gasteiger charge is -2.35. The van der Waals surface area contributed by atoms with Gasteiger partial charge in [0.15, 0.2) is 0 Å². The van der Waals surface area contributed by atoms with Crippen molar-refractivity contribution in [1.82, 2.24) is 19.6 Å². The van der Waals surface area contributed by atoms with E-state index in [4.69, 9.17) is 9.84 Å². The molecule has 0 radical (unpaired) electrons. The molecule has 3 saturated heterocycles. The number of rotatable bonds is 5. The third-order valence-electron chi connectivity index (χ3n) is 5.32. The number of nitrogens with zero attached hydrogens (tertiary/aromatic N) is 4. The van der Waals surface area contributed by atoms with Crippen molar-refractivity contribution in [2.75, 3.05) is 66.0 Å². The highest BCUT2D eigenvalue weighted by Gasteiger charge is 2.38. The molecular weight excluding hydrogens is 312 g/mol. The summed E-state index contributed by atoms with van der Waals surface area (Å²) >= 11 is 0. The highest BCUT2D eigenvalue weighted by atomic mass is 16.6. The van der Waals surface area contributed by atoms with E-state index < -0.39 is 5.97 Å². The first-order chi connectivity index (χ1) is 11.5. The Morgan fingerprint density at radius 1 is 1.12 bits per heavy atom. The Labute approximate surface area is 142 Å². The van der Waals surface area contributed by atoms with Crippen molar-refractivity contribution >= 4 is 12.1 Å². The van der Waals surface area contributed by atoms with Gasteiger partial charge in [-0.15, -0.1) is 0 Å². The molecule has 1 atom stereocenters. The molecule has 3 aliphatic rings. The second kappa shape index (κ2) is 7.67. The molecule has 8 heteroatoms. The van der Waals surface area contributed by atoms with Gasteiger partial charge >= 0.3 is 12.1 Å². The third-order valence-corrected chi connectivity index (χ3v) is 5.32. The summed E-state index contributed by atoms with van der Waals surface area (Å²) in [6.07, 6.45) is 1.81. The fourth-order valence-corrected chi connectivity index (χ4v) is 3.85. The molecule has 0 bridgehead atoms. The monoisotopic (exact) mass is 340 g/mol. The molecule has 8 nitrogen and oxygen atoms in total. The number of carboxylic acids is 1. The normalized spacial score (nSPS) is 28.3. The van der Waals surface area contributed by atoms with Gasteiger partial charge in [-0.05, 0) is 33.0 Å². The van der Waals surface area contributed by atoms with Gasteiger partial charge in [-0.2, -0.15) is 0 Å². The van der Waals surface area contributed by atoms with E-state index in [0.717, 1.165) is 58.7 Å². The molecule has 3 heterocycles. The molecule has 1 N–H and O–H groups in total. The molecule has 0 aliphatic carbocycles. The van der Waals surface area contributed by atoms with Crippen LogP contribution in [0.25, 0.3) is 0 Å². The number of cyclic esters (lactones) is 1. The summed E-state index contributed by atoms with van der Waals surface area (Å²) < 4.78 is 5.57. The van der Waals surface area contributed by atoms with Crippen LogP contribution in [0, 0.1) is 0 Å². The smallest absolute Gasteiger partial charge is 0.410 e. The molecule has 3 aliphatic heterocycles. The number of hydrogen-bond acceptors (Lipinski definition) is 6. The lowest BCUT2D eigenvalue weighted by atomic mass is 10.0. The van der Waals surface area contributed by atoms with Gasteiger partial charge in [0.25, 0.3) is 0 Å². The first kappa shape index (κ1) is 17.4. The quantitative estimate of drug-likeness (QED) is 0.730. The molecule has 0 aromatic heterocycles. The minimum Gasteiger partial charge on any atom is -0.480 e. The summed E-state index contributed by atoms with van der Waals surface area (Å²) in [6.45, 7) is 6.77. The molecule has 3 fully saturated rings. The summed E-state index contributed by atoms with van der Waals surface area (Å²) in [7, 11) is 2.12. The van der Waals surface area contributed by atoms with Crippen LogP contribution >= 0.6 is 0 Å². The van der Waals surface area contributed by atoms with Crippen LogP contribution < -0.4 is 0 Å². The van der Waals surface area contributed by atoms with Gasteiger partial charge in [-0.25, -0.2) is 4.79 Å². The van der Waals surface area contributed by atoms with E-state index in [0.29, 0.717) is 12.6 Å². The Bertz CT molecular complexity index is 459. The third kappa shape index (κ3) is 4.37. The van der Waals surface area contributed by atoms with Gasteiger partial charge < -0.3 is 19.6 Å². The fraction of sp³-hybridized carbons (Fsp3) is 0.875. The Balaban J connectivity index is 1.43. The highest BCUT2D eigenvalue weighted by molar-refractivity contribution is 5.70. The van der Waals surface area contributed by atoms with Crippen molar-refractivity contribution in [3.63, 3.8) is 0 Å². The van der Waals surface area contributed by atoms with Crippen molar-refractivity contribution < 1.29 is 19.4 Å². The van der Waals surface area contributed by atoms with Gasteiger partial charge in [0.1, 0.15) is 6.10 Å². The number of carbonyl (C=O) groups excluding carboxylic acids is 1. The predicted octanol–water partition coefficient (Wildman–Crippen LogP) is -0.396. The van der Waals surface area contributed by atoms with E-state index in [1.807, 2.05) is 9.80 Å². The van der Waals surface area contributed by atoms with Crippen LogP contribution in [0.4, 0.5) is 4.79 Å². The number of piperidine rings is 1. The lowest BCUT2D eigenvalue weighted by molar-refractivity contribution is -0.138. The topological polar surface area (TPSA) is 76.6 Å². The number of ether oxygens (including phenoxy) is 1. The predicted molar refractivity (Wildman–Crippen MR) is 88.0 cm³/mol. The van der Waals surface area contributed by atoms with E-state index in [2.05, 4.69) is 16.8 Å². The highest BCUT2D eigenvalue weighted by Crippen LogP contribution is 2.22. The zero-order valence-electron chi connectivity index (χ0n) is 14.4. The van der Waals surface area contributed by atoms with Crippen molar-refractivity contribution in [2.45, 2.75) is 25.0 Å². The lowest BCUT2D eigenvalue weighted by Crippen LogP contribution is -2.50. The van der Waals surface area contributed by atoms with Crippen LogP contribution in [0.15, 0.2) is 0 Å². The Morgan fingerprint density at radius 2 is 1.75 bits per heavy atom. The van der Waals surface area contributed by atoms with Gasteiger partial charge in [0, 0.05) is 38.8 Å². The molecular formula is C16H28N4O4. The van der Waals surface area contributed by atoms with E-state index in [9.17, 15) is 9.59 Å². The first-order valence-corrected chi connectivity index (χ1v) is 8.83. The molecule has 3 rings (SSSR count). The average Bonchev–Trinajstić information content (AvgIpc) is 2.90. The van der Waals surface area contributed by atoms with Crippen LogP contribution in [0.3, 0.4) is 0 Å². The molecule has 1 amide bonds. The Kier molecular flexibility index (Phi) is 5.57. The largest absolute Gasteiger partial charge is 0.480 e. The minimum atomic E-state index is -0.776. The van der Waals surface area contributed by atoms with Crippen LogP contribution in [0.1, 0.15) is 12.8 Å². The zero-order valence-corrected chi connectivity index (χ0v) is 14.4. The summed E-state index contributed by atoms with van der Waals surface area (Å²) in [5.41, 5.74) is 0. The summed E-state index contributed by atoms with van der Waals surface area (Å²) in [6, 6.07) is 0.311. The Morgan fingerprint density at radius 3 is 2.38 bits per heavy atom. The van der Waals surface area contributed by atoms with Crippen LogP contribution in [0.2, 0.25) is 0 Å². The summed E-state index contributed by atoms with van der Waals surface area (Å²) in [5.74, 6) is -0.776. The molecule has 0 aromatic carbocycles. The maximum absolute atomic E-state index is 12.2. The number of carboxylic acid groups (broad SMARTS) is 1. The average molecular weight is 340 g/mol. The summed E-state index contributed by atoms with van der Waals surface area (Å²) in [5, 5.41) is 8.84. The summed E-state index contributed by atoms with van der Waals surface area (Å²) in [4.78, 5) is 31.4. The zero-order chi connectivity index (χ0) is 17.1. The second-order valence-corrected chi connectivity index (χ2v) is 7.16. The maximum atomic E-state index is 12.2. The standard InChI is InChI=1S/C16H28N4O4/c1-17-4-2-13(3-5-17)20-11-14(24-16(20)23)10-18-6-8-19(9-7-18)12-15(21)22/h13-14H,2-12H2,1H3,(H,21,22). The van der Waals surface area contributed by atoms with Gasteiger partial charge in [0.2, 0.25) is 0 Å². The van der Waals surface area contributed by atoms with Crippen molar-refractivity contribution in [2.24, 2.45) is 0 Å². The molecule has 0 spiro atoms. The number of aliphatic carboxylic acids is 1. The number of hydrogen-bond donors (Lipinski definition) is 1. The van der Waals surface area contributed by atoms with Gasteiger partial charge in [0.05, 0.1) is 13.1 Å². The van der Waals surface area contributed by atoms with E-state index in [-0.39, 0.29) is 18.7 Å². The van der Waals surface area contributed by atoms with Crippen molar-refractivity contribution in [3.05, 3.63) is 0 Å². The second-order valence-electron chi connectivity index (χ2n) is 7.16.